The summed E-state index contributed by atoms with van der Waals surface area (Å²) in [5.74, 6) is -0.715. The van der Waals surface area contributed by atoms with Gasteiger partial charge >= 0.3 is 0 Å². The molecule has 0 atom stereocenters. The van der Waals surface area contributed by atoms with Crippen molar-refractivity contribution in [2.45, 2.75) is 36.9 Å². The van der Waals surface area contributed by atoms with Gasteiger partial charge in [0.15, 0.2) is 5.79 Å². The Morgan fingerprint density at radius 3 is 2.35 bits per heavy atom. The monoisotopic (exact) mass is 382 g/mol. The van der Waals surface area contributed by atoms with Crippen LogP contribution in [0.2, 0.25) is 0 Å². The average molecular weight is 382 g/mol. The van der Waals surface area contributed by atoms with E-state index in [1.54, 1.807) is 24.0 Å². The van der Waals surface area contributed by atoms with Crippen LogP contribution in [0, 0.1) is 6.92 Å². The van der Waals surface area contributed by atoms with Crippen LogP contribution in [0.15, 0.2) is 23.1 Å². The predicted octanol–water partition coefficient (Wildman–Crippen LogP) is 1.61. The number of benzene rings is 1. The van der Waals surface area contributed by atoms with Gasteiger partial charge < -0.3 is 14.4 Å². The second-order valence-corrected chi connectivity index (χ2v) is 9.14. The lowest BCUT2D eigenvalue weighted by Crippen LogP contribution is -2.51. The first-order valence-corrected chi connectivity index (χ1v) is 10.3. The van der Waals surface area contributed by atoms with Gasteiger partial charge in [-0.2, -0.15) is 0 Å². The molecule has 0 radical (unpaired) electrons. The summed E-state index contributed by atoms with van der Waals surface area (Å²) in [5, 5.41) is 0. The molecule has 1 spiro atoms. The van der Waals surface area contributed by atoms with Gasteiger partial charge in [-0.3, -0.25) is 4.79 Å². The van der Waals surface area contributed by atoms with E-state index in [0.29, 0.717) is 50.3 Å². The van der Waals surface area contributed by atoms with Crippen LogP contribution in [-0.4, -0.2) is 69.7 Å². The molecule has 1 aromatic rings. The molecule has 2 aliphatic rings. The highest BCUT2D eigenvalue weighted by atomic mass is 32.2. The summed E-state index contributed by atoms with van der Waals surface area (Å²) in [4.78, 5) is 14.8. The molecular weight excluding hydrogens is 356 g/mol. The lowest BCUT2D eigenvalue weighted by Gasteiger charge is -2.43. The molecular formula is C18H26N2O5S. The summed E-state index contributed by atoms with van der Waals surface area (Å²) in [6, 6.07) is 4.84. The maximum Gasteiger partial charge on any atom is 0.253 e. The van der Waals surface area contributed by atoms with Gasteiger partial charge in [-0.1, -0.05) is 6.07 Å². The van der Waals surface area contributed by atoms with E-state index in [1.165, 1.54) is 20.2 Å². The lowest BCUT2D eigenvalue weighted by molar-refractivity contribution is -0.281. The fraction of sp³-hybridized carbons (Fsp3) is 0.611. The van der Waals surface area contributed by atoms with Crippen LogP contribution >= 0.6 is 0 Å². The van der Waals surface area contributed by atoms with Crippen LogP contribution in [0.4, 0.5) is 0 Å². The first kappa shape index (κ1) is 19.3. The van der Waals surface area contributed by atoms with Crippen LogP contribution in [0.3, 0.4) is 0 Å². The summed E-state index contributed by atoms with van der Waals surface area (Å²) in [5.41, 5.74) is 1.01. The quantitative estimate of drug-likeness (QED) is 0.794. The van der Waals surface area contributed by atoms with Crippen molar-refractivity contribution < 1.29 is 22.7 Å². The van der Waals surface area contributed by atoms with Crippen LogP contribution in [0.5, 0.6) is 0 Å². The van der Waals surface area contributed by atoms with Gasteiger partial charge in [-0.15, -0.1) is 0 Å². The van der Waals surface area contributed by atoms with E-state index in [0.717, 1.165) is 10.7 Å². The maximum absolute atomic E-state index is 12.9. The van der Waals surface area contributed by atoms with Crippen LogP contribution in [-0.2, 0) is 19.5 Å². The van der Waals surface area contributed by atoms with Crippen molar-refractivity contribution in [3.8, 4) is 0 Å². The number of carbonyl (C=O) groups is 1. The highest BCUT2D eigenvalue weighted by molar-refractivity contribution is 7.89. The zero-order valence-electron chi connectivity index (χ0n) is 15.5. The number of rotatable bonds is 3. The zero-order valence-corrected chi connectivity index (χ0v) is 16.3. The number of sulfonamides is 1. The molecule has 0 N–H and O–H groups in total. The van der Waals surface area contributed by atoms with Crippen LogP contribution in [0.1, 0.15) is 35.2 Å². The number of carbonyl (C=O) groups excluding carboxylic acids is 1. The van der Waals surface area contributed by atoms with Crippen molar-refractivity contribution in [2.75, 3.05) is 40.4 Å². The van der Waals surface area contributed by atoms with Crippen molar-refractivity contribution in [1.82, 2.24) is 9.21 Å². The Bertz CT molecular complexity index is 775. The molecule has 1 aromatic carbocycles. The summed E-state index contributed by atoms with van der Waals surface area (Å²) in [6.45, 7) is 4.17. The van der Waals surface area contributed by atoms with Gasteiger partial charge in [0.2, 0.25) is 10.0 Å². The van der Waals surface area contributed by atoms with Gasteiger partial charge in [0.25, 0.3) is 5.91 Å². The van der Waals surface area contributed by atoms with Crippen molar-refractivity contribution >= 4 is 15.9 Å². The molecule has 2 heterocycles. The largest absolute Gasteiger partial charge is 0.350 e. The van der Waals surface area contributed by atoms with Crippen molar-refractivity contribution in [3.63, 3.8) is 0 Å². The number of nitrogens with zero attached hydrogens (tertiary/aromatic N) is 2. The van der Waals surface area contributed by atoms with E-state index >= 15 is 0 Å². The Balaban J connectivity index is 1.77. The molecule has 1 amide bonds. The third-order valence-corrected chi connectivity index (χ3v) is 6.98. The molecule has 0 saturated carbocycles. The number of ether oxygens (including phenoxy) is 2. The summed E-state index contributed by atoms with van der Waals surface area (Å²) < 4.78 is 37.7. The van der Waals surface area contributed by atoms with Gasteiger partial charge in [-0.25, -0.2) is 12.7 Å². The molecule has 0 bridgehead atoms. The van der Waals surface area contributed by atoms with E-state index in [2.05, 4.69) is 0 Å². The molecule has 144 valence electrons. The first-order valence-electron chi connectivity index (χ1n) is 8.86. The topological polar surface area (TPSA) is 76.1 Å². The number of hydrogen-bond donors (Lipinski definition) is 0. The Kier molecular flexibility index (Phi) is 5.39. The van der Waals surface area contributed by atoms with Crippen molar-refractivity contribution in [3.05, 3.63) is 29.3 Å². The molecule has 7 nitrogen and oxygen atoms in total. The first-order chi connectivity index (χ1) is 12.3. The third-order valence-electron chi connectivity index (χ3n) is 5.03. The number of likely N-dealkylation sites (tertiary alicyclic amines) is 1. The molecule has 0 aromatic heterocycles. The minimum atomic E-state index is -3.59. The number of hydrogen-bond acceptors (Lipinski definition) is 5. The molecule has 0 unspecified atom stereocenters. The van der Waals surface area contributed by atoms with Gasteiger partial charge in [0.05, 0.1) is 18.1 Å². The van der Waals surface area contributed by atoms with E-state index in [1.807, 2.05) is 0 Å². The number of piperidine rings is 1. The standard InChI is InChI=1S/C18H26N2O5S/c1-14-5-6-15(13-16(14)26(22,23)19(2)3)17(21)20-9-7-18(8-10-20)24-11-4-12-25-18/h5-6,13H,4,7-12H2,1-3H3. The Morgan fingerprint density at radius 1 is 1.15 bits per heavy atom. The normalized spacial score (nSPS) is 20.5. The Labute approximate surface area is 154 Å². The zero-order chi connectivity index (χ0) is 18.9. The SMILES string of the molecule is Cc1ccc(C(=O)N2CCC3(CC2)OCCCO3)cc1S(=O)(=O)N(C)C. The maximum atomic E-state index is 12.9. The summed E-state index contributed by atoms with van der Waals surface area (Å²) >= 11 is 0. The predicted molar refractivity (Wildman–Crippen MR) is 96.4 cm³/mol. The molecule has 0 aliphatic carbocycles. The van der Waals surface area contributed by atoms with E-state index in [4.69, 9.17) is 9.47 Å². The summed E-state index contributed by atoms with van der Waals surface area (Å²) in [6.07, 6.45) is 2.16. The van der Waals surface area contributed by atoms with E-state index in [-0.39, 0.29) is 10.8 Å². The number of amides is 1. The minimum absolute atomic E-state index is 0.161. The smallest absolute Gasteiger partial charge is 0.253 e. The minimum Gasteiger partial charge on any atom is -0.350 e. The molecule has 2 fully saturated rings. The molecule has 26 heavy (non-hydrogen) atoms. The van der Waals surface area contributed by atoms with Crippen LogP contribution in [0.25, 0.3) is 0 Å². The highest BCUT2D eigenvalue weighted by Crippen LogP contribution is 2.31. The van der Waals surface area contributed by atoms with Gasteiger partial charge in [0.1, 0.15) is 0 Å². The number of aryl methyl sites for hydroxylation is 1. The summed E-state index contributed by atoms with van der Waals surface area (Å²) in [7, 11) is -0.627. The molecule has 2 saturated heterocycles. The fourth-order valence-corrected chi connectivity index (χ4v) is 4.49. The fourth-order valence-electron chi connectivity index (χ4n) is 3.35. The van der Waals surface area contributed by atoms with E-state index < -0.39 is 15.8 Å². The molecule has 2 aliphatic heterocycles. The molecule has 3 rings (SSSR count). The molecule has 8 heteroatoms. The Hall–Kier alpha value is -1.48. The second-order valence-electron chi connectivity index (χ2n) is 7.02. The highest BCUT2D eigenvalue weighted by Gasteiger charge is 2.39. The average Bonchev–Trinajstić information content (AvgIpc) is 2.62. The van der Waals surface area contributed by atoms with Gasteiger partial charge in [-0.05, 0) is 31.0 Å². The van der Waals surface area contributed by atoms with Crippen LogP contribution < -0.4 is 0 Å². The van der Waals surface area contributed by atoms with Crippen molar-refractivity contribution in [2.24, 2.45) is 0 Å². The van der Waals surface area contributed by atoms with Crippen molar-refractivity contribution in [1.29, 1.82) is 0 Å². The van der Waals surface area contributed by atoms with Gasteiger partial charge in [0, 0.05) is 45.6 Å². The van der Waals surface area contributed by atoms with E-state index in [9.17, 15) is 13.2 Å². The Morgan fingerprint density at radius 2 is 1.77 bits per heavy atom. The third kappa shape index (κ3) is 3.64. The lowest BCUT2D eigenvalue weighted by atomic mass is 10.0. The second kappa shape index (κ2) is 7.26.